The fraction of sp³-hybridized carbons (Fsp3) is 0.333. The number of ether oxygens (including phenoxy) is 1. The zero-order valence-electron chi connectivity index (χ0n) is 19.1. The van der Waals surface area contributed by atoms with Gasteiger partial charge in [-0.25, -0.2) is 0 Å². The summed E-state index contributed by atoms with van der Waals surface area (Å²) in [4.78, 5) is 28.7. The van der Waals surface area contributed by atoms with Crippen LogP contribution in [0.2, 0.25) is 5.02 Å². The Labute approximate surface area is 202 Å². The van der Waals surface area contributed by atoms with Crippen LogP contribution in [0.15, 0.2) is 64.3 Å². The summed E-state index contributed by atoms with van der Waals surface area (Å²) >= 11 is 6.08. The Morgan fingerprint density at radius 2 is 1.91 bits per heavy atom. The Balaban J connectivity index is 1.60. The van der Waals surface area contributed by atoms with Gasteiger partial charge in [0.2, 0.25) is 5.78 Å². The van der Waals surface area contributed by atoms with Gasteiger partial charge < -0.3 is 19.2 Å². The molecule has 176 valence electrons. The number of benzene rings is 2. The molecule has 6 nitrogen and oxygen atoms in total. The summed E-state index contributed by atoms with van der Waals surface area (Å²) in [6.45, 7) is 3.87. The third-order valence-electron chi connectivity index (χ3n) is 6.45. The number of ketones is 1. The second-order valence-corrected chi connectivity index (χ2v) is 9.61. The lowest BCUT2D eigenvalue weighted by Crippen LogP contribution is -2.38. The fourth-order valence-electron chi connectivity index (χ4n) is 5.03. The molecule has 0 saturated heterocycles. The van der Waals surface area contributed by atoms with Crippen LogP contribution in [0.5, 0.6) is 5.75 Å². The van der Waals surface area contributed by atoms with Crippen LogP contribution in [-0.4, -0.2) is 33.8 Å². The van der Waals surface area contributed by atoms with E-state index in [9.17, 15) is 14.7 Å². The van der Waals surface area contributed by atoms with E-state index in [-0.39, 0.29) is 23.5 Å². The zero-order valence-corrected chi connectivity index (χ0v) is 19.8. The molecule has 1 aliphatic heterocycles. The number of hydrogen-bond donors (Lipinski definition) is 1. The lowest BCUT2D eigenvalue weighted by Gasteiger charge is -2.32. The topological polar surface area (TPSA) is 80.0 Å². The van der Waals surface area contributed by atoms with Gasteiger partial charge in [-0.1, -0.05) is 36.6 Å². The Morgan fingerprint density at radius 3 is 2.65 bits per heavy atom. The second kappa shape index (κ2) is 8.84. The molecule has 1 N–H and O–H groups in total. The van der Waals surface area contributed by atoms with E-state index in [1.807, 2.05) is 38.1 Å². The summed E-state index contributed by atoms with van der Waals surface area (Å²) < 4.78 is 11.7. The highest BCUT2D eigenvalue weighted by molar-refractivity contribution is 6.31. The van der Waals surface area contributed by atoms with Gasteiger partial charge in [0.15, 0.2) is 11.5 Å². The maximum atomic E-state index is 13.7. The van der Waals surface area contributed by atoms with E-state index in [4.69, 9.17) is 20.8 Å². The normalized spacial score (nSPS) is 19.1. The van der Waals surface area contributed by atoms with Gasteiger partial charge in [-0.2, -0.15) is 0 Å². The molecule has 0 radical (unpaired) electrons. The van der Waals surface area contributed by atoms with Crippen molar-refractivity contribution in [2.24, 2.45) is 0 Å². The predicted octanol–water partition coefficient (Wildman–Crippen LogP) is 6.39. The molecule has 5 rings (SSSR count). The molecule has 1 atom stereocenters. The molecule has 34 heavy (non-hydrogen) atoms. The van der Waals surface area contributed by atoms with Crippen molar-refractivity contribution in [2.75, 3.05) is 0 Å². The van der Waals surface area contributed by atoms with Crippen LogP contribution in [0.1, 0.15) is 61.7 Å². The van der Waals surface area contributed by atoms with Gasteiger partial charge in [-0.05, 0) is 68.7 Å². The van der Waals surface area contributed by atoms with Crippen LogP contribution in [0.25, 0.3) is 11.0 Å². The van der Waals surface area contributed by atoms with E-state index < -0.39 is 23.5 Å². The zero-order chi connectivity index (χ0) is 24.0. The Hall–Kier alpha value is -3.25. The minimum Gasteiger partial charge on any atom is -0.503 e. The van der Waals surface area contributed by atoms with E-state index in [0.29, 0.717) is 27.3 Å². The van der Waals surface area contributed by atoms with E-state index in [1.54, 1.807) is 29.2 Å². The molecule has 1 saturated carbocycles. The van der Waals surface area contributed by atoms with Crippen molar-refractivity contribution in [1.82, 2.24) is 4.90 Å². The van der Waals surface area contributed by atoms with Crippen molar-refractivity contribution in [3.8, 4) is 5.75 Å². The SMILES string of the molecule is CC(C)Oc1cccc(C2C(C(=O)c3cc4cc(Cl)ccc4o3)=C(O)C(=O)N2C2CCCC2)c1. The molecule has 3 aromatic rings. The summed E-state index contributed by atoms with van der Waals surface area (Å²) in [6, 6.07) is 13.3. The molecule has 1 aliphatic carbocycles. The van der Waals surface area contributed by atoms with Crippen molar-refractivity contribution < 1.29 is 23.8 Å². The number of halogens is 1. The van der Waals surface area contributed by atoms with Crippen LogP contribution in [0.3, 0.4) is 0 Å². The van der Waals surface area contributed by atoms with Gasteiger partial charge in [-0.15, -0.1) is 0 Å². The number of Topliss-reactive ketones (excluding diaryl/α,β-unsaturated/α-hetero) is 1. The second-order valence-electron chi connectivity index (χ2n) is 9.18. The molecular weight excluding hydrogens is 454 g/mol. The maximum Gasteiger partial charge on any atom is 0.290 e. The van der Waals surface area contributed by atoms with E-state index in [2.05, 4.69) is 0 Å². The predicted molar refractivity (Wildman–Crippen MR) is 129 cm³/mol. The van der Waals surface area contributed by atoms with Crippen molar-refractivity contribution >= 4 is 34.3 Å². The highest BCUT2D eigenvalue weighted by Crippen LogP contribution is 2.44. The van der Waals surface area contributed by atoms with Gasteiger partial charge in [0.1, 0.15) is 11.3 Å². The molecule has 2 heterocycles. The van der Waals surface area contributed by atoms with Crippen molar-refractivity contribution in [1.29, 1.82) is 0 Å². The number of aliphatic hydroxyl groups is 1. The molecule has 1 aromatic heterocycles. The Kier molecular flexibility index (Phi) is 5.86. The van der Waals surface area contributed by atoms with Crippen LogP contribution in [0.4, 0.5) is 0 Å². The van der Waals surface area contributed by atoms with Gasteiger partial charge >= 0.3 is 0 Å². The van der Waals surface area contributed by atoms with Crippen LogP contribution in [-0.2, 0) is 4.79 Å². The summed E-state index contributed by atoms with van der Waals surface area (Å²) in [6.07, 6.45) is 3.65. The third-order valence-corrected chi connectivity index (χ3v) is 6.69. The molecule has 0 spiro atoms. The number of rotatable bonds is 6. The molecule has 1 amide bonds. The van der Waals surface area contributed by atoms with E-state index in [1.165, 1.54) is 0 Å². The number of carbonyl (C=O) groups excluding carboxylic acids is 2. The first-order chi connectivity index (χ1) is 16.3. The molecule has 1 fully saturated rings. The highest BCUT2D eigenvalue weighted by Gasteiger charge is 2.47. The average Bonchev–Trinajstić information content (AvgIpc) is 3.52. The minimum atomic E-state index is -0.726. The standard InChI is InChI=1S/C27H26ClNO5/c1-15(2)33-20-9-5-6-16(13-20)24-23(26(31)27(32)29(24)19-7-3-4-8-19)25(30)22-14-17-12-18(28)10-11-21(17)34-22/h5-6,9-15,19,24,31H,3-4,7-8H2,1-2H3. The van der Waals surface area contributed by atoms with Crippen molar-refractivity contribution in [3.63, 3.8) is 0 Å². The van der Waals surface area contributed by atoms with Crippen LogP contribution < -0.4 is 4.74 Å². The van der Waals surface area contributed by atoms with Gasteiger partial charge in [0.25, 0.3) is 5.91 Å². The van der Waals surface area contributed by atoms with Gasteiger partial charge in [0, 0.05) is 16.5 Å². The van der Waals surface area contributed by atoms with Gasteiger partial charge in [0.05, 0.1) is 17.7 Å². The number of nitrogens with zero attached hydrogens (tertiary/aromatic N) is 1. The van der Waals surface area contributed by atoms with Crippen LogP contribution in [0, 0.1) is 0 Å². The molecule has 7 heteroatoms. The fourth-order valence-corrected chi connectivity index (χ4v) is 5.21. The van der Waals surface area contributed by atoms with E-state index >= 15 is 0 Å². The first-order valence-electron chi connectivity index (χ1n) is 11.6. The number of aliphatic hydroxyl groups excluding tert-OH is 1. The average molecular weight is 480 g/mol. The number of hydrogen-bond acceptors (Lipinski definition) is 5. The molecule has 2 aromatic carbocycles. The van der Waals surface area contributed by atoms with Gasteiger partial charge in [-0.3, -0.25) is 9.59 Å². The summed E-state index contributed by atoms with van der Waals surface area (Å²) in [5, 5.41) is 12.2. The monoisotopic (exact) mass is 479 g/mol. The van der Waals surface area contributed by atoms with Crippen LogP contribution >= 0.6 is 11.6 Å². The lowest BCUT2D eigenvalue weighted by atomic mass is 9.94. The molecular formula is C27H26ClNO5. The smallest absolute Gasteiger partial charge is 0.290 e. The molecule has 1 unspecified atom stereocenters. The molecule has 2 aliphatic rings. The molecule has 0 bridgehead atoms. The maximum absolute atomic E-state index is 13.7. The Morgan fingerprint density at radius 1 is 1.15 bits per heavy atom. The largest absolute Gasteiger partial charge is 0.503 e. The minimum absolute atomic E-state index is 0.0289. The summed E-state index contributed by atoms with van der Waals surface area (Å²) in [7, 11) is 0. The first-order valence-corrected chi connectivity index (χ1v) is 12.0. The summed E-state index contributed by atoms with van der Waals surface area (Å²) in [5.74, 6) is -0.855. The van der Waals surface area contributed by atoms with Crippen molar-refractivity contribution in [3.05, 3.63) is 76.2 Å². The number of fused-ring (bicyclic) bond motifs is 1. The third kappa shape index (κ3) is 3.96. The van der Waals surface area contributed by atoms with Crippen molar-refractivity contribution in [2.45, 2.75) is 57.7 Å². The lowest BCUT2D eigenvalue weighted by molar-refractivity contribution is -0.131. The quantitative estimate of drug-likeness (QED) is 0.414. The Bertz CT molecular complexity index is 1300. The van der Waals surface area contributed by atoms with E-state index in [0.717, 1.165) is 25.7 Å². The number of furan rings is 1. The summed E-state index contributed by atoms with van der Waals surface area (Å²) in [5.41, 5.74) is 1.25. The first kappa shape index (κ1) is 22.5. The highest BCUT2D eigenvalue weighted by atomic mass is 35.5. The number of carbonyl (C=O) groups is 2. The number of amides is 1.